The number of β-amino-alcohol motifs (C(OH)–C–C–N with tert-alkyl or cyclic N) is 1. The van der Waals surface area contributed by atoms with Gasteiger partial charge in [0, 0.05) is 12.5 Å². The van der Waals surface area contributed by atoms with Gasteiger partial charge in [0.05, 0.1) is 32.1 Å². The Bertz CT molecular complexity index is 760. The first kappa shape index (κ1) is 21.3. The number of aliphatic hydroxyl groups is 1. The topological polar surface area (TPSA) is 71.0 Å². The van der Waals surface area contributed by atoms with Crippen LogP contribution in [-0.2, 0) is 16.1 Å². The standard InChI is InChI=1S/C23H30N2O4/c1-28-22-10-6-5-9-21(22)24-23(27)19-11-13-25(14-12-19)15-20(26)17-29-16-18-7-3-2-4-8-18/h2-10,19-20,26H,11-17H2,1H3,(H,24,27). The third-order valence-corrected chi connectivity index (χ3v) is 5.21. The van der Waals surface area contributed by atoms with Gasteiger partial charge >= 0.3 is 0 Å². The van der Waals surface area contributed by atoms with Gasteiger partial charge in [0.25, 0.3) is 0 Å². The molecule has 2 N–H and O–H groups in total. The van der Waals surface area contributed by atoms with Crippen LogP contribution in [0.4, 0.5) is 5.69 Å². The molecular formula is C23H30N2O4. The second-order valence-corrected chi connectivity index (χ2v) is 7.42. The molecule has 1 amide bonds. The number of anilines is 1. The highest BCUT2D eigenvalue weighted by Crippen LogP contribution is 2.25. The third-order valence-electron chi connectivity index (χ3n) is 5.21. The lowest BCUT2D eigenvalue weighted by atomic mass is 9.95. The number of methoxy groups -OCH3 is 1. The number of ether oxygens (including phenoxy) is 2. The van der Waals surface area contributed by atoms with Crippen molar-refractivity contribution in [1.82, 2.24) is 4.90 Å². The number of carbonyl (C=O) groups is 1. The minimum Gasteiger partial charge on any atom is -0.495 e. The molecule has 1 aliphatic heterocycles. The molecule has 1 saturated heterocycles. The lowest BCUT2D eigenvalue weighted by Gasteiger charge is -2.32. The van der Waals surface area contributed by atoms with E-state index in [0.717, 1.165) is 31.5 Å². The molecule has 6 nitrogen and oxygen atoms in total. The molecule has 2 aromatic rings. The molecular weight excluding hydrogens is 368 g/mol. The van der Waals surface area contributed by atoms with Gasteiger partial charge in [-0.1, -0.05) is 42.5 Å². The van der Waals surface area contributed by atoms with Crippen LogP contribution in [-0.4, -0.2) is 55.4 Å². The van der Waals surface area contributed by atoms with Crippen molar-refractivity contribution in [2.24, 2.45) is 5.92 Å². The van der Waals surface area contributed by atoms with E-state index in [1.54, 1.807) is 7.11 Å². The first-order valence-corrected chi connectivity index (χ1v) is 10.1. The minimum atomic E-state index is -0.530. The van der Waals surface area contributed by atoms with Gasteiger partial charge in [0.1, 0.15) is 5.75 Å². The van der Waals surface area contributed by atoms with E-state index < -0.39 is 6.10 Å². The number of para-hydroxylation sites is 2. The fourth-order valence-corrected chi connectivity index (χ4v) is 3.60. The molecule has 2 aromatic carbocycles. The summed E-state index contributed by atoms with van der Waals surface area (Å²) in [5.74, 6) is 0.667. The van der Waals surface area contributed by atoms with Crippen molar-refractivity contribution >= 4 is 11.6 Å². The summed E-state index contributed by atoms with van der Waals surface area (Å²) in [4.78, 5) is 14.8. The van der Waals surface area contributed by atoms with E-state index in [1.165, 1.54) is 0 Å². The number of nitrogens with zero attached hydrogens (tertiary/aromatic N) is 1. The van der Waals surface area contributed by atoms with Crippen molar-refractivity contribution in [2.45, 2.75) is 25.6 Å². The largest absolute Gasteiger partial charge is 0.495 e. The first-order valence-electron chi connectivity index (χ1n) is 10.1. The van der Waals surface area contributed by atoms with Crippen molar-refractivity contribution < 1.29 is 19.4 Å². The summed E-state index contributed by atoms with van der Waals surface area (Å²) in [5.41, 5.74) is 1.80. The predicted octanol–water partition coefficient (Wildman–Crippen LogP) is 2.92. The van der Waals surface area contributed by atoms with Crippen LogP contribution in [0.5, 0.6) is 5.75 Å². The van der Waals surface area contributed by atoms with Crippen molar-refractivity contribution in [3.8, 4) is 5.75 Å². The molecule has 0 saturated carbocycles. The molecule has 0 bridgehead atoms. The van der Waals surface area contributed by atoms with E-state index >= 15 is 0 Å². The van der Waals surface area contributed by atoms with Crippen LogP contribution in [0.25, 0.3) is 0 Å². The first-order chi connectivity index (χ1) is 14.2. The van der Waals surface area contributed by atoms with Crippen molar-refractivity contribution in [1.29, 1.82) is 0 Å². The molecule has 3 rings (SSSR count). The number of likely N-dealkylation sites (tertiary alicyclic amines) is 1. The molecule has 0 spiro atoms. The lowest BCUT2D eigenvalue weighted by molar-refractivity contribution is -0.121. The summed E-state index contributed by atoms with van der Waals surface area (Å²) < 4.78 is 10.9. The van der Waals surface area contributed by atoms with Crippen molar-refractivity contribution in [3.05, 3.63) is 60.2 Å². The number of hydrogen-bond acceptors (Lipinski definition) is 5. The summed E-state index contributed by atoms with van der Waals surface area (Å²) in [5, 5.41) is 13.2. The van der Waals surface area contributed by atoms with Gasteiger partial charge in [-0.15, -0.1) is 0 Å². The number of amides is 1. The normalized spacial score (nSPS) is 16.3. The maximum atomic E-state index is 12.6. The average Bonchev–Trinajstić information content (AvgIpc) is 2.75. The van der Waals surface area contributed by atoms with Crippen molar-refractivity contribution in [3.63, 3.8) is 0 Å². The summed E-state index contributed by atoms with van der Waals surface area (Å²) >= 11 is 0. The van der Waals surface area contributed by atoms with Gasteiger partial charge < -0.3 is 24.8 Å². The lowest BCUT2D eigenvalue weighted by Crippen LogP contribution is -2.42. The average molecular weight is 399 g/mol. The fraction of sp³-hybridized carbons (Fsp3) is 0.435. The Morgan fingerprint density at radius 3 is 2.55 bits per heavy atom. The van der Waals surface area contributed by atoms with E-state index in [2.05, 4.69) is 10.2 Å². The number of nitrogens with one attached hydrogen (secondary N) is 1. The Morgan fingerprint density at radius 2 is 1.83 bits per heavy atom. The maximum absolute atomic E-state index is 12.6. The molecule has 1 aliphatic rings. The zero-order chi connectivity index (χ0) is 20.5. The number of carbonyl (C=O) groups excluding carboxylic acids is 1. The predicted molar refractivity (Wildman–Crippen MR) is 113 cm³/mol. The van der Waals surface area contributed by atoms with E-state index in [4.69, 9.17) is 9.47 Å². The highest BCUT2D eigenvalue weighted by atomic mass is 16.5. The number of benzene rings is 2. The molecule has 0 radical (unpaired) electrons. The highest BCUT2D eigenvalue weighted by Gasteiger charge is 2.26. The fourth-order valence-electron chi connectivity index (χ4n) is 3.60. The summed E-state index contributed by atoms with van der Waals surface area (Å²) in [6.07, 6.45) is 1.02. The van der Waals surface area contributed by atoms with Crippen LogP contribution < -0.4 is 10.1 Å². The van der Waals surface area contributed by atoms with Gasteiger partial charge in [0.2, 0.25) is 5.91 Å². The van der Waals surface area contributed by atoms with E-state index in [-0.39, 0.29) is 11.8 Å². The van der Waals surface area contributed by atoms with Gasteiger partial charge in [-0.3, -0.25) is 4.79 Å². The Labute approximate surface area is 172 Å². The van der Waals surface area contributed by atoms with Crippen LogP contribution in [0.3, 0.4) is 0 Å². The number of aliphatic hydroxyl groups excluding tert-OH is 1. The molecule has 0 aliphatic carbocycles. The number of hydrogen-bond donors (Lipinski definition) is 2. The highest BCUT2D eigenvalue weighted by molar-refractivity contribution is 5.94. The molecule has 0 aromatic heterocycles. The zero-order valence-corrected chi connectivity index (χ0v) is 16.9. The maximum Gasteiger partial charge on any atom is 0.227 e. The summed E-state index contributed by atoms with van der Waals surface area (Å²) in [7, 11) is 1.60. The Kier molecular flexibility index (Phi) is 8.04. The van der Waals surface area contributed by atoms with Gasteiger partial charge in [-0.25, -0.2) is 0 Å². The molecule has 156 valence electrons. The molecule has 6 heteroatoms. The molecule has 29 heavy (non-hydrogen) atoms. The molecule has 1 heterocycles. The quantitative estimate of drug-likeness (QED) is 0.680. The second kappa shape index (κ2) is 11.0. The van der Waals surface area contributed by atoms with E-state index in [0.29, 0.717) is 31.2 Å². The van der Waals surface area contributed by atoms with Gasteiger partial charge in [-0.2, -0.15) is 0 Å². The summed E-state index contributed by atoms with van der Waals surface area (Å²) in [6.45, 7) is 2.96. The molecule has 1 fully saturated rings. The van der Waals surface area contributed by atoms with E-state index in [9.17, 15) is 9.90 Å². The second-order valence-electron chi connectivity index (χ2n) is 7.42. The molecule has 1 atom stereocenters. The van der Waals surface area contributed by atoms with Crippen LogP contribution in [0.2, 0.25) is 0 Å². The summed E-state index contributed by atoms with van der Waals surface area (Å²) in [6, 6.07) is 17.4. The van der Waals surface area contributed by atoms with Gasteiger partial charge in [0.15, 0.2) is 0 Å². The van der Waals surface area contributed by atoms with Crippen LogP contribution >= 0.6 is 0 Å². The smallest absolute Gasteiger partial charge is 0.227 e. The Morgan fingerprint density at radius 1 is 1.14 bits per heavy atom. The van der Waals surface area contributed by atoms with Crippen LogP contribution in [0, 0.1) is 5.92 Å². The van der Waals surface area contributed by atoms with Gasteiger partial charge in [-0.05, 0) is 43.6 Å². The van der Waals surface area contributed by atoms with Crippen LogP contribution in [0.1, 0.15) is 18.4 Å². The van der Waals surface area contributed by atoms with Crippen LogP contribution in [0.15, 0.2) is 54.6 Å². The molecule has 1 unspecified atom stereocenters. The monoisotopic (exact) mass is 398 g/mol. The third kappa shape index (κ3) is 6.56. The zero-order valence-electron chi connectivity index (χ0n) is 16.9. The number of piperidine rings is 1. The minimum absolute atomic E-state index is 0.0253. The van der Waals surface area contributed by atoms with E-state index in [1.807, 2.05) is 54.6 Å². The number of rotatable bonds is 9. The SMILES string of the molecule is COc1ccccc1NC(=O)C1CCN(CC(O)COCc2ccccc2)CC1. The Balaban J connectivity index is 1.36. The van der Waals surface area contributed by atoms with Crippen molar-refractivity contribution in [2.75, 3.05) is 38.7 Å². The Hall–Kier alpha value is -2.41.